The zero-order valence-corrected chi connectivity index (χ0v) is 16.8. The van der Waals surface area contributed by atoms with Crippen molar-refractivity contribution in [3.8, 4) is 0 Å². The van der Waals surface area contributed by atoms with E-state index in [1.54, 1.807) is 43.4 Å². The number of nitrogens with two attached hydrogens (primary N) is 1. The predicted molar refractivity (Wildman–Crippen MR) is 107 cm³/mol. The zero-order valence-electron chi connectivity index (χ0n) is 14.4. The third-order valence-electron chi connectivity index (χ3n) is 3.03. The van der Waals surface area contributed by atoms with Gasteiger partial charge in [0.2, 0.25) is 10.0 Å². The van der Waals surface area contributed by atoms with Crippen LogP contribution in [0.25, 0.3) is 0 Å². The summed E-state index contributed by atoms with van der Waals surface area (Å²) >= 11 is 4.29. The van der Waals surface area contributed by atoms with Crippen molar-refractivity contribution >= 4 is 38.7 Å². The van der Waals surface area contributed by atoms with Gasteiger partial charge in [0.05, 0.1) is 18.5 Å². The quantitative estimate of drug-likeness (QED) is 0.364. The molecule has 0 aliphatic carbocycles. The summed E-state index contributed by atoms with van der Waals surface area (Å²) in [5.74, 6) is 0.558. The number of benzene rings is 1. The Kier molecular flexibility index (Phi) is 8.97. The van der Waals surface area contributed by atoms with Crippen LogP contribution in [0, 0.1) is 6.92 Å². The fourth-order valence-electron chi connectivity index (χ4n) is 1.88. The Morgan fingerprint density at radius 3 is 2.77 bits per heavy atom. The van der Waals surface area contributed by atoms with Crippen LogP contribution in [0.15, 0.2) is 70.2 Å². The number of sulfonamides is 1. The van der Waals surface area contributed by atoms with Crippen molar-refractivity contribution in [1.29, 1.82) is 0 Å². The molecule has 0 aliphatic rings. The number of rotatable bonds is 9. The van der Waals surface area contributed by atoms with Gasteiger partial charge in [0.1, 0.15) is 21.8 Å². The second-order valence-corrected chi connectivity index (χ2v) is 8.16. The molecule has 0 spiro atoms. The van der Waals surface area contributed by atoms with Gasteiger partial charge in [0.25, 0.3) is 0 Å². The van der Waals surface area contributed by atoms with Crippen molar-refractivity contribution in [1.82, 2.24) is 0 Å². The number of hydrogen-bond donors (Lipinski definition) is 2. The van der Waals surface area contributed by atoms with E-state index in [2.05, 4.69) is 11.3 Å². The van der Waals surface area contributed by atoms with E-state index in [9.17, 15) is 13.0 Å². The molecular weight excluding hydrogens is 396 g/mol. The number of primary sulfonamides is 1. The lowest BCUT2D eigenvalue weighted by Crippen LogP contribution is -2.17. The number of methoxy groups -OCH3 is 1. The summed E-state index contributed by atoms with van der Waals surface area (Å²) in [5, 5.41) is 7.01. The summed E-state index contributed by atoms with van der Waals surface area (Å²) in [6, 6.07) is 4.54. The summed E-state index contributed by atoms with van der Waals surface area (Å²) in [6.45, 7) is 5.33. The maximum absolute atomic E-state index is 12.2. The number of aryl methyl sites for hydroxylation is 1. The van der Waals surface area contributed by atoms with E-state index in [1.165, 1.54) is 18.6 Å². The molecule has 0 radical (unpaired) electrons. The molecule has 0 bridgehead atoms. The van der Waals surface area contributed by atoms with Crippen LogP contribution in [-0.2, 0) is 26.1 Å². The molecule has 3 N–H and O–H groups in total. The molecule has 0 aromatic heterocycles. The minimum Gasteiger partial charge on any atom is -0.588 e. The summed E-state index contributed by atoms with van der Waals surface area (Å²) in [7, 11) is -2.43. The number of hydrogen-bond acceptors (Lipinski definition) is 5. The molecule has 6 nitrogen and oxygen atoms in total. The molecule has 1 aromatic rings. The maximum atomic E-state index is 12.2. The molecule has 9 heteroatoms. The highest BCUT2D eigenvalue weighted by atomic mass is 35.5. The van der Waals surface area contributed by atoms with Gasteiger partial charge in [-0.25, -0.2) is 18.3 Å². The predicted octanol–water partition coefficient (Wildman–Crippen LogP) is 3.46. The van der Waals surface area contributed by atoms with Crippen LogP contribution in [0.3, 0.4) is 0 Å². The summed E-state index contributed by atoms with van der Waals surface area (Å²) in [6.07, 6.45) is 6.73. The first-order valence-electron chi connectivity index (χ1n) is 7.37. The SMILES string of the molecule is C=C/C=C(Cl)\C=C(/C/C=C/[S+]([O-])Nc1cc(C)ccc1S(N)(=O)=O)OC. The minimum absolute atomic E-state index is 0.122. The maximum Gasteiger partial charge on any atom is 0.240 e. The Morgan fingerprint density at radius 1 is 1.50 bits per heavy atom. The van der Waals surface area contributed by atoms with Gasteiger partial charge in [0, 0.05) is 11.5 Å². The molecule has 1 rings (SSSR count). The van der Waals surface area contributed by atoms with Crippen molar-refractivity contribution in [2.24, 2.45) is 5.14 Å². The smallest absolute Gasteiger partial charge is 0.240 e. The second kappa shape index (κ2) is 10.4. The van der Waals surface area contributed by atoms with Gasteiger partial charge in [-0.05, 0) is 42.8 Å². The minimum atomic E-state index is -3.93. The summed E-state index contributed by atoms with van der Waals surface area (Å²) in [5.41, 5.74) is 0.976. The lowest BCUT2D eigenvalue weighted by atomic mass is 10.2. The first-order chi connectivity index (χ1) is 12.2. The topological polar surface area (TPSA) is 104 Å². The third kappa shape index (κ3) is 7.67. The summed E-state index contributed by atoms with van der Waals surface area (Å²) < 4.78 is 43.2. The highest BCUT2D eigenvalue weighted by Crippen LogP contribution is 2.23. The molecule has 142 valence electrons. The van der Waals surface area contributed by atoms with E-state index >= 15 is 0 Å². The Balaban J connectivity index is 2.85. The molecule has 0 fully saturated rings. The molecule has 1 atom stereocenters. The number of allylic oxidation sites excluding steroid dienone is 5. The van der Waals surface area contributed by atoms with Gasteiger partial charge in [0.15, 0.2) is 0 Å². The lowest BCUT2D eigenvalue weighted by Gasteiger charge is -2.12. The molecule has 0 amide bonds. The fourth-order valence-corrected chi connectivity index (χ4v) is 3.56. The van der Waals surface area contributed by atoms with Gasteiger partial charge in [-0.2, -0.15) is 0 Å². The highest BCUT2D eigenvalue weighted by molar-refractivity contribution is 7.95. The summed E-state index contributed by atoms with van der Waals surface area (Å²) in [4.78, 5) is -0.122. The Hall–Kier alpha value is -1.71. The van der Waals surface area contributed by atoms with E-state index < -0.39 is 21.4 Å². The van der Waals surface area contributed by atoms with Crippen LogP contribution in [0.2, 0.25) is 0 Å². The van der Waals surface area contributed by atoms with Gasteiger partial charge in [-0.3, -0.25) is 0 Å². The standard InChI is InChI=1S/C17H21ClN2O4S2/c1-4-6-14(18)12-15(24-3)7-5-10-25(21)20-16-11-13(2)8-9-17(16)26(19,22)23/h4-6,8-12,20H,1,7H2,2-3H3,(H2,19,22,23)/b10-5+,14-6+,15-12+. The highest BCUT2D eigenvalue weighted by Gasteiger charge is 2.17. The van der Waals surface area contributed by atoms with E-state index in [4.69, 9.17) is 21.5 Å². The average molecular weight is 417 g/mol. The van der Waals surface area contributed by atoms with Gasteiger partial charge in [-0.1, -0.05) is 30.3 Å². The van der Waals surface area contributed by atoms with Crippen molar-refractivity contribution in [3.05, 3.63) is 70.8 Å². The van der Waals surface area contributed by atoms with E-state index in [0.717, 1.165) is 5.56 Å². The first kappa shape index (κ1) is 22.3. The fraction of sp³-hybridized carbons (Fsp3) is 0.176. The normalized spacial score (nSPS) is 14.3. The number of nitrogens with one attached hydrogen (secondary N) is 1. The van der Waals surface area contributed by atoms with E-state index in [0.29, 0.717) is 17.2 Å². The number of anilines is 1. The molecule has 0 saturated heterocycles. The second-order valence-electron chi connectivity index (χ2n) is 5.12. The largest absolute Gasteiger partial charge is 0.588 e. The molecule has 0 heterocycles. The van der Waals surface area contributed by atoms with E-state index in [1.807, 2.05) is 0 Å². The van der Waals surface area contributed by atoms with Gasteiger partial charge in [-0.15, -0.1) is 0 Å². The van der Waals surface area contributed by atoms with Crippen molar-refractivity contribution in [2.75, 3.05) is 11.8 Å². The molecule has 1 aromatic carbocycles. The number of halogens is 1. The van der Waals surface area contributed by atoms with Crippen molar-refractivity contribution in [3.63, 3.8) is 0 Å². The number of ether oxygens (including phenoxy) is 1. The molecule has 0 aliphatic heterocycles. The Labute approximate surface area is 162 Å². The van der Waals surface area contributed by atoms with Crippen molar-refractivity contribution < 1.29 is 17.7 Å². The average Bonchev–Trinajstić information content (AvgIpc) is 2.52. The van der Waals surface area contributed by atoms with Crippen LogP contribution >= 0.6 is 11.6 Å². The van der Waals surface area contributed by atoms with E-state index in [-0.39, 0.29) is 10.6 Å². The van der Waals surface area contributed by atoms with Crippen LogP contribution in [0.5, 0.6) is 0 Å². The van der Waals surface area contributed by atoms with Gasteiger partial charge >= 0.3 is 0 Å². The molecule has 26 heavy (non-hydrogen) atoms. The zero-order chi connectivity index (χ0) is 19.7. The van der Waals surface area contributed by atoms with Crippen LogP contribution in [0.4, 0.5) is 5.69 Å². The van der Waals surface area contributed by atoms with Crippen molar-refractivity contribution in [2.45, 2.75) is 18.2 Å². The van der Waals surface area contributed by atoms with Crippen LogP contribution in [-0.4, -0.2) is 20.1 Å². The molecule has 1 unspecified atom stereocenters. The molecular formula is C17H21ClN2O4S2. The van der Waals surface area contributed by atoms with Crippen LogP contribution < -0.4 is 9.86 Å². The Morgan fingerprint density at radius 2 is 2.19 bits per heavy atom. The van der Waals surface area contributed by atoms with Gasteiger partial charge < -0.3 is 9.29 Å². The lowest BCUT2D eigenvalue weighted by molar-refractivity contribution is 0.285. The first-order valence-corrected chi connectivity index (χ1v) is 10.5. The third-order valence-corrected chi connectivity index (χ3v) is 5.09. The molecule has 0 saturated carbocycles. The Bertz CT molecular complexity index is 833. The monoisotopic (exact) mass is 416 g/mol. The van der Waals surface area contributed by atoms with Crippen LogP contribution in [0.1, 0.15) is 12.0 Å².